The van der Waals surface area contributed by atoms with Crippen molar-refractivity contribution in [3.05, 3.63) is 78.9 Å². The minimum atomic E-state index is 0.831. The Balaban J connectivity index is 1.90. The van der Waals surface area contributed by atoms with Gasteiger partial charge in [0.25, 0.3) is 0 Å². The van der Waals surface area contributed by atoms with Gasteiger partial charge in [-0.3, -0.25) is 0 Å². The van der Waals surface area contributed by atoms with Crippen LogP contribution in [0.1, 0.15) is 0 Å². The average molecular weight is 271 g/mol. The Kier molecular flexibility index (Phi) is 2.79. The predicted octanol–water partition coefficient (Wildman–Crippen LogP) is 5.18. The number of para-hydroxylation sites is 2. The van der Waals surface area contributed by atoms with Gasteiger partial charge in [-0.15, -0.1) is 0 Å². The van der Waals surface area contributed by atoms with Crippen LogP contribution in [0, 0.1) is 0 Å². The lowest BCUT2D eigenvalue weighted by Gasteiger charge is -2.09. The molecule has 0 fully saturated rings. The van der Waals surface area contributed by atoms with Gasteiger partial charge in [-0.1, -0.05) is 42.5 Å². The molecule has 4 aromatic rings. The number of benzene rings is 3. The highest BCUT2D eigenvalue weighted by molar-refractivity contribution is 5.95. The molecule has 21 heavy (non-hydrogen) atoms. The van der Waals surface area contributed by atoms with E-state index in [0.717, 1.165) is 33.3 Å². The zero-order valence-corrected chi connectivity index (χ0v) is 11.4. The summed E-state index contributed by atoms with van der Waals surface area (Å²) >= 11 is 0. The van der Waals surface area contributed by atoms with E-state index < -0.39 is 0 Å². The van der Waals surface area contributed by atoms with Crippen molar-refractivity contribution in [2.24, 2.45) is 0 Å². The third-order valence-electron chi connectivity index (χ3n) is 3.49. The van der Waals surface area contributed by atoms with Gasteiger partial charge in [0.2, 0.25) is 0 Å². The molecule has 1 aromatic heterocycles. The summed E-state index contributed by atoms with van der Waals surface area (Å²) in [6, 6.07) is 26.0. The van der Waals surface area contributed by atoms with Crippen molar-refractivity contribution in [3.8, 4) is 11.5 Å². The second-order valence-electron chi connectivity index (χ2n) is 4.92. The Labute approximate surface area is 122 Å². The molecule has 0 bridgehead atoms. The fourth-order valence-electron chi connectivity index (χ4n) is 2.48. The number of fused-ring (bicyclic) bond motifs is 2. The van der Waals surface area contributed by atoms with Crippen LogP contribution in [0.15, 0.2) is 78.9 Å². The number of hydrogen-bond donors (Lipinski definition) is 0. The molecule has 0 aliphatic heterocycles. The van der Waals surface area contributed by atoms with E-state index in [-0.39, 0.29) is 0 Å². The first-order valence-electron chi connectivity index (χ1n) is 6.91. The van der Waals surface area contributed by atoms with E-state index in [4.69, 9.17) is 9.72 Å². The molecule has 100 valence electrons. The lowest BCUT2D eigenvalue weighted by atomic mass is 10.1. The minimum Gasteiger partial charge on any atom is -0.457 e. The number of pyridine rings is 1. The van der Waals surface area contributed by atoms with Gasteiger partial charge in [0, 0.05) is 10.8 Å². The number of nitrogens with zero attached hydrogens (tertiary/aromatic N) is 1. The van der Waals surface area contributed by atoms with Gasteiger partial charge in [0.05, 0.1) is 11.0 Å². The van der Waals surface area contributed by atoms with Crippen LogP contribution in [0.25, 0.3) is 21.8 Å². The second-order valence-corrected chi connectivity index (χ2v) is 4.92. The van der Waals surface area contributed by atoms with Crippen LogP contribution in [-0.2, 0) is 0 Å². The van der Waals surface area contributed by atoms with Gasteiger partial charge in [0.1, 0.15) is 11.5 Å². The summed E-state index contributed by atoms with van der Waals surface area (Å²) in [7, 11) is 0. The first kappa shape index (κ1) is 11.9. The Morgan fingerprint density at radius 3 is 2.33 bits per heavy atom. The van der Waals surface area contributed by atoms with E-state index in [9.17, 15) is 0 Å². The van der Waals surface area contributed by atoms with Crippen LogP contribution in [-0.4, -0.2) is 4.98 Å². The van der Waals surface area contributed by atoms with Crippen molar-refractivity contribution in [2.75, 3.05) is 0 Å². The van der Waals surface area contributed by atoms with Crippen molar-refractivity contribution < 1.29 is 4.74 Å². The molecule has 0 amide bonds. The monoisotopic (exact) mass is 271 g/mol. The molecule has 0 atom stereocenters. The largest absolute Gasteiger partial charge is 0.457 e. The predicted molar refractivity (Wildman–Crippen MR) is 85.8 cm³/mol. The molecule has 0 saturated heterocycles. The quantitative estimate of drug-likeness (QED) is 0.469. The third kappa shape index (κ3) is 2.21. The van der Waals surface area contributed by atoms with Crippen molar-refractivity contribution in [3.63, 3.8) is 0 Å². The third-order valence-corrected chi connectivity index (χ3v) is 3.49. The van der Waals surface area contributed by atoms with Crippen molar-refractivity contribution in [1.82, 2.24) is 4.98 Å². The van der Waals surface area contributed by atoms with E-state index in [1.54, 1.807) is 0 Å². The summed E-state index contributed by atoms with van der Waals surface area (Å²) in [6.07, 6.45) is 0. The molecule has 0 saturated carbocycles. The second kappa shape index (κ2) is 4.91. The molecular weight excluding hydrogens is 258 g/mol. The van der Waals surface area contributed by atoms with E-state index in [1.165, 1.54) is 0 Å². The summed E-state index contributed by atoms with van der Waals surface area (Å²) in [5, 5.41) is 2.15. The standard InChI is InChI=1S/C19H13NO/c1-2-8-15(9-3-1)21-19-12-6-11-18-16(19)13-14-7-4-5-10-17(14)20-18/h1-13H. The molecule has 0 spiro atoms. The molecule has 0 unspecified atom stereocenters. The number of ether oxygens (including phenoxy) is 1. The van der Waals surface area contributed by atoms with E-state index in [2.05, 4.69) is 12.1 Å². The van der Waals surface area contributed by atoms with Crippen molar-refractivity contribution >= 4 is 21.8 Å². The summed E-state index contributed by atoms with van der Waals surface area (Å²) in [5.41, 5.74) is 1.95. The molecular formula is C19H13NO. The van der Waals surface area contributed by atoms with E-state index in [1.807, 2.05) is 66.7 Å². The SMILES string of the molecule is c1ccc(Oc2cccc3nc4ccccc4cc23)cc1. The molecule has 0 aliphatic rings. The van der Waals surface area contributed by atoms with Crippen LogP contribution < -0.4 is 4.74 Å². The summed E-state index contributed by atoms with van der Waals surface area (Å²) in [4.78, 5) is 4.70. The highest BCUT2D eigenvalue weighted by Gasteiger charge is 2.06. The van der Waals surface area contributed by atoms with Crippen LogP contribution in [0.5, 0.6) is 11.5 Å². The van der Waals surface area contributed by atoms with Crippen molar-refractivity contribution in [2.45, 2.75) is 0 Å². The smallest absolute Gasteiger partial charge is 0.136 e. The molecule has 1 heterocycles. The van der Waals surface area contributed by atoms with Gasteiger partial charge in [0.15, 0.2) is 0 Å². The van der Waals surface area contributed by atoms with E-state index >= 15 is 0 Å². The van der Waals surface area contributed by atoms with Crippen LogP contribution >= 0.6 is 0 Å². The van der Waals surface area contributed by atoms with Gasteiger partial charge in [-0.2, -0.15) is 0 Å². The lowest BCUT2D eigenvalue weighted by molar-refractivity contribution is 0.488. The normalized spacial score (nSPS) is 10.9. The fraction of sp³-hybridized carbons (Fsp3) is 0. The Bertz CT molecular complexity index is 916. The lowest BCUT2D eigenvalue weighted by Crippen LogP contribution is -1.88. The number of rotatable bonds is 2. The number of hydrogen-bond acceptors (Lipinski definition) is 2. The van der Waals surface area contributed by atoms with E-state index in [0.29, 0.717) is 0 Å². The summed E-state index contributed by atoms with van der Waals surface area (Å²) in [6.45, 7) is 0. The molecule has 3 aromatic carbocycles. The maximum Gasteiger partial charge on any atom is 0.136 e. The fourth-order valence-corrected chi connectivity index (χ4v) is 2.48. The molecule has 2 heteroatoms. The van der Waals surface area contributed by atoms with Crippen LogP contribution in [0.2, 0.25) is 0 Å². The average Bonchev–Trinajstić information content (AvgIpc) is 2.54. The summed E-state index contributed by atoms with van der Waals surface area (Å²) in [5.74, 6) is 1.66. The van der Waals surface area contributed by atoms with Gasteiger partial charge in [-0.25, -0.2) is 4.98 Å². The zero-order valence-electron chi connectivity index (χ0n) is 11.4. The van der Waals surface area contributed by atoms with Gasteiger partial charge in [-0.05, 0) is 36.4 Å². The van der Waals surface area contributed by atoms with Crippen LogP contribution in [0.4, 0.5) is 0 Å². The molecule has 2 nitrogen and oxygen atoms in total. The molecule has 0 N–H and O–H groups in total. The molecule has 0 radical (unpaired) electrons. The highest BCUT2D eigenvalue weighted by Crippen LogP contribution is 2.31. The van der Waals surface area contributed by atoms with Gasteiger partial charge < -0.3 is 4.74 Å². The molecule has 0 aliphatic carbocycles. The Morgan fingerprint density at radius 1 is 0.667 bits per heavy atom. The highest BCUT2D eigenvalue weighted by atomic mass is 16.5. The first-order chi connectivity index (χ1) is 10.4. The van der Waals surface area contributed by atoms with Crippen LogP contribution in [0.3, 0.4) is 0 Å². The zero-order chi connectivity index (χ0) is 14.1. The summed E-state index contributed by atoms with van der Waals surface area (Å²) < 4.78 is 6.00. The molecule has 4 rings (SSSR count). The topological polar surface area (TPSA) is 22.1 Å². The minimum absolute atomic E-state index is 0.831. The number of aromatic nitrogens is 1. The Hall–Kier alpha value is -2.87. The maximum atomic E-state index is 6.00. The van der Waals surface area contributed by atoms with Crippen molar-refractivity contribution in [1.29, 1.82) is 0 Å². The Morgan fingerprint density at radius 2 is 1.43 bits per heavy atom. The maximum absolute atomic E-state index is 6.00. The first-order valence-corrected chi connectivity index (χ1v) is 6.91. The van der Waals surface area contributed by atoms with Gasteiger partial charge >= 0.3 is 0 Å².